The molecule has 0 aliphatic heterocycles. The van der Waals surface area contributed by atoms with Gasteiger partial charge in [0, 0.05) is 0 Å². The van der Waals surface area contributed by atoms with Crippen molar-refractivity contribution in [1.82, 2.24) is 0 Å². The summed E-state index contributed by atoms with van der Waals surface area (Å²) in [6.45, 7) is 0. The van der Waals surface area contributed by atoms with Gasteiger partial charge in [-0.15, -0.1) is 3.89 Å². The Morgan fingerprint density at radius 1 is 1.25 bits per heavy atom. The zero-order valence-corrected chi connectivity index (χ0v) is 6.96. The highest BCUT2D eigenvalue weighted by Gasteiger charge is 2.21. The average Bonchev–Trinajstić information content (AvgIpc) is 2.03. The maximum absolute atomic E-state index is 12.3. The minimum absolute atomic E-state index is 0.250. The Morgan fingerprint density at radius 3 is 2.17 bits per heavy atom. The fraction of sp³-hybridized carbons (Fsp3) is 0.143. The summed E-state index contributed by atoms with van der Waals surface area (Å²) in [5.41, 5.74) is 5.36. The van der Waals surface area contributed by atoms with Crippen molar-refractivity contribution in [1.29, 1.82) is 0 Å². The Bertz CT molecular complexity index is 349. The van der Waals surface area contributed by atoms with E-state index in [1.807, 2.05) is 0 Å². The summed E-state index contributed by atoms with van der Waals surface area (Å²) in [6, 6.07) is 7.81. The SMILES string of the molecule is NC(c1ccccc1)S(=O)(=O)F. The van der Waals surface area contributed by atoms with Crippen LogP contribution in [0.4, 0.5) is 3.89 Å². The summed E-state index contributed by atoms with van der Waals surface area (Å²) in [4.78, 5) is 0. The van der Waals surface area contributed by atoms with Gasteiger partial charge in [0.1, 0.15) is 0 Å². The standard InChI is InChI=1S/C7H8FNO2S/c8-12(10,11)7(9)6-4-2-1-3-5-6/h1-5,7H,9H2. The summed E-state index contributed by atoms with van der Waals surface area (Å²) < 4.78 is 33.0. The molecule has 0 aromatic heterocycles. The van der Waals surface area contributed by atoms with Gasteiger partial charge in [0.2, 0.25) is 0 Å². The summed E-state index contributed by atoms with van der Waals surface area (Å²) in [6.07, 6.45) is 0. The lowest BCUT2D eigenvalue weighted by Crippen LogP contribution is -2.17. The highest BCUT2D eigenvalue weighted by Crippen LogP contribution is 2.16. The summed E-state index contributed by atoms with van der Waals surface area (Å²) in [5.74, 6) is 0. The molecule has 0 saturated carbocycles. The largest absolute Gasteiger partial charge is 0.322 e. The van der Waals surface area contributed by atoms with Crippen LogP contribution in [0.5, 0.6) is 0 Å². The quantitative estimate of drug-likeness (QED) is 0.704. The smallest absolute Gasteiger partial charge is 0.309 e. The van der Waals surface area contributed by atoms with Gasteiger partial charge in [0.15, 0.2) is 5.37 Å². The van der Waals surface area contributed by atoms with Gasteiger partial charge in [-0.05, 0) is 5.56 Å². The van der Waals surface area contributed by atoms with Crippen molar-refractivity contribution in [2.45, 2.75) is 5.37 Å². The predicted molar refractivity (Wildman–Crippen MR) is 43.4 cm³/mol. The van der Waals surface area contributed by atoms with E-state index in [1.165, 1.54) is 12.1 Å². The number of hydrogen-bond donors (Lipinski definition) is 1. The first-order chi connectivity index (χ1) is 5.52. The molecule has 12 heavy (non-hydrogen) atoms. The first-order valence-corrected chi connectivity index (χ1v) is 4.70. The maximum Gasteiger partial charge on any atom is 0.322 e. The molecule has 1 rings (SSSR count). The van der Waals surface area contributed by atoms with Crippen molar-refractivity contribution in [2.75, 3.05) is 0 Å². The van der Waals surface area contributed by atoms with Gasteiger partial charge in [0.25, 0.3) is 0 Å². The van der Waals surface area contributed by atoms with Gasteiger partial charge in [-0.2, -0.15) is 8.42 Å². The molecule has 1 atom stereocenters. The normalized spacial score (nSPS) is 14.2. The highest BCUT2D eigenvalue weighted by atomic mass is 32.3. The average molecular weight is 189 g/mol. The Balaban J connectivity index is 3.02. The lowest BCUT2D eigenvalue weighted by atomic mass is 10.2. The molecule has 0 aliphatic carbocycles. The van der Waals surface area contributed by atoms with Crippen LogP contribution >= 0.6 is 0 Å². The fourth-order valence-corrected chi connectivity index (χ4v) is 1.29. The van der Waals surface area contributed by atoms with E-state index in [4.69, 9.17) is 5.73 Å². The van der Waals surface area contributed by atoms with E-state index in [9.17, 15) is 12.3 Å². The van der Waals surface area contributed by atoms with Crippen molar-refractivity contribution in [3.8, 4) is 0 Å². The van der Waals surface area contributed by atoms with Gasteiger partial charge in [-0.25, -0.2) is 0 Å². The molecule has 0 radical (unpaired) electrons. The second-order valence-corrected chi connectivity index (χ2v) is 3.77. The Hall–Kier alpha value is -0.940. The second-order valence-electron chi connectivity index (χ2n) is 2.31. The van der Waals surface area contributed by atoms with Crippen molar-refractivity contribution >= 4 is 10.2 Å². The zero-order chi connectivity index (χ0) is 9.19. The summed E-state index contributed by atoms with van der Waals surface area (Å²) >= 11 is 0. The van der Waals surface area contributed by atoms with E-state index in [2.05, 4.69) is 0 Å². The van der Waals surface area contributed by atoms with Crippen LogP contribution in [-0.4, -0.2) is 8.42 Å². The zero-order valence-electron chi connectivity index (χ0n) is 6.14. The molecule has 0 spiro atoms. The Kier molecular flexibility index (Phi) is 2.44. The monoisotopic (exact) mass is 189 g/mol. The molecular formula is C7H8FNO2S. The maximum atomic E-state index is 12.3. The van der Waals surface area contributed by atoms with E-state index in [1.54, 1.807) is 18.2 Å². The molecule has 0 heterocycles. The topological polar surface area (TPSA) is 60.2 Å². The van der Waals surface area contributed by atoms with Crippen LogP contribution < -0.4 is 5.73 Å². The van der Waals surface area contributed by atoms with Crippen molar-refractivity contribution < 1.29 is 12.3 Å². The van der Waals surface area contributed by atoms with Crippen molar-refractivity contribution in [3.63, 3.8) is 0 Å². The van der Waals surface area contributed by atoms with Crippen LogP contribution in [0.3, 0.4) is 0 Å². The number of benzene rings is 1. The van der Waals surface area contributed by atoms with E-state index in [-0.39, 0.29) is 5.56 Å². The molecule has 1 aromatic rings. The number of halogens is 1. The molecule has 0 bridgehead atoms. The number of hydrogen-bond acceptors (Lipinski definition) is 3. The van der Waals surface area contributed by atoms with Crippen LogP contribution in [0.2, 0.25) is 0 Å². The molecule has 0 aliphatic rings. The van der Waals surface area contributed by atoms with Gasteiger partial charge in [0.05, 0.1) is 0 Å². The molecule has 3 nitrogen and oxygen atoms in total. The Morgan fingerprint density at radius 2 is 1.75 bits per heavy atom. The van der Waals surface area contributed by atoms with E-state index < -0.39 is 15.6 Å². The van der Waals surface area contributed by atoms with Crippen LogP contribution in [0, 0.1) is 0 Å². The lowest BCUT2D eigenvalue weighted by Gasteiger charge is -2.05. The van der Waals surface area contributed by atoms with Gasteiger partial charge >= 0.3 is 10.2 Å². The van der Waals surface area contributed by atoms with Gasteiger partial charge in [-0.1, -0.05) is 30.3 Å². The van der Waals surface area contributed by atoms with Crippen LogP contribution in [0.25, 0.3) is 0 Å². The molecule has 5 heteroatoms. The molecule has 1 aromatic carbocycles. The van der Waals surface area contributed by atoms with Crippen LogP contribution in [0.1, 0.15) is 10.9 Å². The minimum atomic E-state index is -4.68. The number of rotatable bonds is 2. The van der Waals surface area contributed by atoms with Crippen molar-refractivity contribution in [3.05, 3.63) is 35.9 Å². The van der Waals surface area contributed by atoms with Crippen LogP contribution in [-0.2, 0) is 10.2 Å². The van der Waals surface area contributed by atoms with Gasteiger partial charge < -0.3 is 5.73 Å². The van der Waals surface area contributed by atoms with Crippen LogP contribution in [0.15, 0.2) is 30.3 Å². The van der Waals surface area contributed by atoms with Crippen molar-refractivity contribution in [2.24, 2.45) is 5.73 Å². The molecular weight excluding hydrogens is 181 g/mol. The highest BCUT2D eigenvalue weighted by molar-refractivity contribution is 7.86. The Labute approximate surface area is 70.2 Å². The second kappa shape index (κ2) is 3.20. The molecule has 0 saturated heterocycles. The predicted octanol–water partition coefficient (Wildman–Crippen LogP) is 0.943. The fourth-order valence-electron chi connectivity index (χ4n) is 0.805. The first-order valence-electron chi connectivity index (χ1n) is 3.26. The molecule has 0 amide bonds. The summed E-state index contributed by atoms with van der Waals surface area (Å²) in [7, 11) is -4.68. The lowest BCUT2D eigenvalue weighted by molar-refractivity contribution is 0.538. The molecule has 2 N–H and O–H groups in total. The molecule has 1 unspecified atom stereocenters. The molecule has 66 valence electrons. The number of nitrogens with two attached hydrogens (primary N) is 1. The minimum Gasteiger partial charge on any atom is -0.309 e. The molecule has 0 fully saturated rings. The van der Waals surface area contributed by atoms with Gasteiger partial charge in [-0.3, -0.25) is 0 Å². The first kappa shape index (κ1) is 9.15. The third-order valence-corrected chi connectivity index (χ3v) is 2.31. The third kappa shape index (κ3) is 2.02. The van der Waals surface area contributed by atoms with E-state index in [0.717, 1.165) is 0 Å². The summed E-state index contributed by atoms with van der Waals surface area (Å²) in [5, 5.41) is -1.57. The van der Waals surface area contributed by atoms with E-state index >= 15 is 0 Å². The van der Waals surface area contributed by atoms with E-state index in [0.29, 0.717) is 0 Å². The third-order valence-electron chi connectivity index (χ3n) is 1.43.